The van der Waals surface area contributed by atoms with E-state index in [2.05, 4.69) is 0 Å². The highest BCUT2D eigenvalue weighted by molar-refractivity contribution is 5.96. The van der Waals surface area contributed by atoms with E-state index in [9.17, 15) is 25.1 Å². The van der Waals surface area contributed by atoms with Gasteiger partial charge in [0.2, 0.25) is 0 Å². The first-order valence-corrected chi connectivity index (χ1v) is 6.97. The minimum Gasteiger partial charge on any atom is -0.508 e. The molecule has 0 saturated heterocycles. The molecule has 0 aliphatic heterocycles. The lowest BCUT2D eigenvalue weighted by Crippen LogP contribution is -2.04. The van der Waals surface area contributed by atoms with Gasteiger partial charge in [0.1, 0.15) is 11.4 Å². The van der Waals surface area contributed by atoms with Crippen LogP contribution in [0.1, 0.15) is 10.4 Å². The van der Waals surface area contributed by atoms with E-state index in [0.717, 1.165) is 0 Å². The van der Waals surface area contributed by atoms with E-state index in [0.29, 0.717) is 11.3 Å². The molecule has 0 atom stereocenters. The molecule has 0 radical (unpaired) electrons. The van der Waals surface area contributed by atoms with Gasteiger partial charge in [0.05, 0.1) is 16.2 Å². The molecule has 0 aliphatic carbocycles. The summed E-state index contributed by atoms with van der Waals surface area (Å²) in [6, 6.07) is 13.7. The number of benzene rings is 2. The number of phenolic OH excluding ortho intramolecular Hbond substituents is 1. The average Bonchev–Trinajstić information content (AvgIpc) is 3.00. The Morgan fingerprint density at radius 1 is 1.08 bits per heavy atom. The Bertz CT molecular complexity index is 931. The van der Waals surface area contributed by atoms with Crippen LogP contribution in [-0.2, 0) is 0 Å². The minimum atomic E-state index is -1.14. The fourth-order valence-electron chi connectivity index (χ4n) is 2.56. The van der Waals surface area contributed by atoms with E-state index < -0.39 is 10.9 Å². The third-order valence-corrected chi connectivity index (χ3v) is 3.58. The van der Waals surface area contributed by atoms with Gasteiger partial charge in [0.25, 0.3) is 5.69 Å². The topological polar surface area (TPSA) is 106 Å². The smallest absolute Gasteiger partial charge is 0.337 e. The highest BCUT2D eigenvalue weighted by Gasteiger charge is 2.23. The van der Waals surface area contributed by atoms with Crippen LogP contribution in [0, 0.1) is 10.1 Å². The van der Waals surface area contributed by atoms with Gasteiger partial charge >= 0.3 is 5.97 Å². The second kappa shape index (κ2) is 5.88. The predicted molar refractivity (Wildman–Crippen MR) is 86.5 cm³/mol. The molecule has 3 rings (SSSR count). The molecule has 0 amide bonds. The SMILES string of the molecule is O=C(O)c1ccn(-c2cc(O)ccc2[N+](=O)[O-])c1-c1ccccc1. The summed E-state index contributed by atoms with van der Waals surface area (Å²) in [7, 11) is 0. The number of aromatic carboxylic acids is 1. The molecule has 2 aromatic carbocycles. The van der Waals surface area contributed by atoms with Gasteiger partial charge in [-0.1, -0.05) is 30.3 Å². The van der Waals surface area contributed by atoms with Crippen molar-refractivity contribution in [1.29, 1.82) is 0 Å². The lowest BCUT2D eigenvalue weighted by Gasteiger charge is -2.11. The van der Waals surface area contributed by atoms with Crippen molar-refractivity contribution in [1.82, 2.24) is 4.57 Å². The Labute approximate surface area is 136 Å². The molecule has 7 nitrogen and oxygen atoms in total. The largest absolute Gasteiger partial charge is 0.508 e. The number of carbonyl (C=O) groups is 1. The highest BCUT2D eigenvalue weighted by atomic mass is 16.6. The molecule has 3 aromatic rings. The molecular weight excluding hydrogens is 312 g/mol. The number of nitro benzene ring substituents is 1. The molecule has 1 aromatic heterocycles. The molecule has 24 heavy (non-hydrogen) atoms. The Balaban J connectivity index is 2.33. The molecular formula is C17H12N2O5. The molecule has 120 valence electrons. The van der Waals surface area contributed by atoms with E-state index in [1.54, 1.807) is 30.3 Å². The third-order valence-electron chi connectivity index (χ3n) is 3.58. The lowest BCUT2D eigenvalue weighted by molar-refractivity contribution is -0.384. The monoisotopic (exact) mass is 324 g/mol. The zero-order chi connectivity index (χ0) is 17.3. The van der Waals surface area contributed by atoms with Gasteiger partial charge in [-0.2, -0.15) is 0 Å². The fraction of sp³-hybridized carbons (Fsp3) is 0. The average molecular weight is 324 g/mol. The first-order valence-electron chi connectivity index (χ1n) is 6.97. The van der Waals surface area contributed by atoms with Gasteiger partial charge < -0.3 is 14.8 Å². The fourth-order valence-corrected chi connectivity index (χ4v) is 2.56. The van der Waals surface area contributed by atoms with Crippen molar-refractivity contribution in [2.24, 2.45) is 0 Å². The Hall–Kier alpha value is -3.61. The molecule has 0 saturated carbocycles. The maximum atomic E-state index is 11.5. The highest BCUT2D eigenvalue weighted by Crippen LogP contribution is 2.34. The summed E-state index contributed by atoms with van der Waals surface area (Å²) in [5.41, 5.74) is 0.761. The maximum Gasteiger partial charge on any atom is 0.337 e. The van der Waals surface area contributed by atoms with Crippen LogP contribution in [0.15, 0.2) is 60.8 Å². The summed E-state index contributed by atoms with van der Waals surface area (Å²) in [5, 5.41) is 30.4. The van der Waals surface area contributed by atoms with E-state index in [1.807, 2.05) is 0 Å². The molecule has 2 N–H and O–H groups in total. The number of carboxylic acid groups (broad SMARTS) is 1. The number of hydrogen-bond acceptors (Lipinski definition) is 4. The van der Waals surface area contributed by atoms with Crippen molar-refractivity contribution in [2.75, 3.05) is 0 Å². The van der Waals surface area contributed by atoms with Gasteiger partial charge in [-0.05, 0) is 17.7 Å². The van der Waals surface area contributed by atoms with Gasteiger partial charge in [0, 0.05) is 18.3 Å². The van der Waals surface area contributed by atoms with Gasteiger partial charge in [-0.3, -0.25) is 10.1 Å². The molecule has 0 spiro atoms. The van der Waals surface area contributed by atoms with Crippen molar-refractivity contribution < 1.29 is 19.9 Å². The Kier molecular flexibility index (Phi) is 3.75. The predicted octanol–water partition coefficient (Wildman–Crippen LogP) is 3.46. The third kappa shape index (κ3) is 2.58. The number of carboxylic acids is 1. The lowest BCUT2D eigenvalue weighted by atomic mass is 10.1. The van der Waals surface area contributed by atoms with E-state index in [-0.39, 0.29) is 22.7 Å². The van der Waals surface area contributed by atoms with Gasteiger partial charge in [-0.15, -0.1) is 0 Å². The summed E-state index contributed by atoms with van der Waals surface area (Å²) in [6.07, 6.45) is 1.44. The van der Waals surface area contributed by atoms with Crippen LogP contribution < -0.4 is 0 Å². The summed E-state index contributed by atoms with van der Waals surface area (Å²) in [5.74, 6) is -1.30. The first-order chi connectivity index (χ1) is 11.5. The second-order valence-corrected chi connectivity index (χ2v) is 5.05. The summed E-state index contributed by atoms with van der Waals surface area (Å²) >= 11 is 0. The van der Waals surface area contributed by atoms with Crippen molar-refractivity contribution in [2.45, 2.75) is 0 Å². The number of aromatic hydroxyl groups is 1. The van der Waals surface area contributed by atoms with Crippen LogP contribution in [0.5, 0.6) is 5.75 Å². The zero-order valence-corrected chi connectivity index (χ0v) is 12.3. The minimum absolute atomic E-state index is 0.0128. The number of aromatic nitrogens is 1. The molecule has 1 heterocycles. The van der Waals surface area contributed by atoms with Crippen molar-refractivity contribution in [3.05, 3.63) is 76.5 Å². The van der Waals surface area contributed by atoms with Crippen molar-refractivity contribution >= 4 is 11.7 Å². The number of hydrogen-bond donors (Lipinski definition) is 2. The van der Waals surface area contributed by atoms with Crippen LogP contribution in [0.25, 0.3) is 16.9 Å². The van der Waals surface area contributed by atoms with Crippen molar-refractivity contribution in [3.8, 4) is 22.7 Å². The molecule has 0 aliphatic rings. The number of nitrogens with zero attached hydrogens (tertiary/aromatic N) is 2. The standard InChI is InChI=1S/C17H12N2O5/c20-12-6-7-14(19(23)24)15(10-12)18-9-8-13(17(21)22)16(18)11-4-2-1-3-5-11/h1-10,20H,(H,21,22). The van der Waals surface area contributed by atoms with Gasteiger partial charge in [-0.25, -0.2) is 4.79 Å². The summed E-state index contributed by atoms with van der Waals surface area (Å²) in [6.45, 7) is 0. The van der Waals surface area contributed by atoms with Crippen LogP contribution in [0.3, 0.4) is 0 Å². The molecule has 0 fully saturated rings. The van der Waals surface area contributed by atoms with Crippen LogP contribution in [0.4, 0.5) is 5.69 Å². The maximum absolute atomic E-state index is 11.5. The molecule has 7 heteroatoms. The van der Waals surface area contributed by atoms with Crippen LogP contribution in [-0.4, -0.2) is 25.7 Å². The Morgan fingerprint density at radius 3 is 2.42 bits per heavy atom. The van der Waals surface area contributed by atoms with E-state index in [4.69, 9.17) is 0 Å². The number of rotatable bonds is 4. The van der Waals surface area contributed by atoms with Gasteiger partial charge in [0.15, 0.2) is 0 Å². The van der Waals surface area contributed by atoms with E-state index >= 15 is 0 Å². The summed E-state index contributed by atoms with van der Waals surface area (Å²) in [4.78, 5) is 22.2. The molecule has 0 unspecified atom stereocenters. The summed E-state index contributed by atoms with van der Waals surface area (Å²) < 4.78 is 1.40. The van der Waals surface area contributed by atoms with Crippen LogP contribution >= 0.6 is 0 Å². The molecule has 0 bridgehead atoms. The zero-order valence-electron chi connectivity index (χ0n) is 12.3. The first kappa shape index (κ1) is 15.3. The quantitative estimate of drug-likeness (QED) is 0.565. The number of phenols is 1. The van der Waals surface area contributed by atoms with Crippen LogP contribution in [0.2, 0.25) is 0 Å². The van der Waals surface area contributed by atoms with Crippen molar-refractivity contribution in [3.63, 3.8) is 0 Å². The number of nitro groups is 1. The van der Waals surface area contributed by atoms with E-state index in [1.165, 1.54) is 35.0 Å². The Morgan fingerprint density at radius 2 is 1.79 bits per heavy atom. The normalized spacial score (nSPS) is 10.5. The second-order valence-electron chi connectivity index (χ2n) is 5.05.